The molecule has 0 bridgehead atoms. The first-order valence-corrected chi connectivity index (χ1v) is 22.5. The van der Waals surface area contributed by atoms with Crippen LogP contribution in [0.3, 0.4) is 0 Å². The van der Waals surface area contributed by atoms with Crippen molar-refractivity contribution in [3.8, 4) is 22.5 Å². The van der Waals surface area contributed by atoms with E-state index in [1.54, 1.807) is 24.3 Å². The summed E-state index contributed by atoms with van der Waals surface area (Å²) in [6.07, 6.45) is -9.05. The van der Waals surface area contributed by atoms with Gasteiger partial charge in [-0.05, 0) is 116 Å². The lowest BCUT2D eigenvalue weighted by molar-refractivity contribution is -0.138. The van der Waals surface area contributed by atoms with Crippen LogP contribution in [0, 0.1) is 13.8 Å². The number of hydrogen-bond acceptors (Lipinski definition) is 10. The molecule has 0 unspecified atom stereocenters. The Labute approximate surface area is 401 Å². The van der Waals surface area contributed by atoms with Gasteiger partial charge in [0, 0.05) is 65.5 Å². The number of halogens is 6. The predicted octanol–water partition coefficient (Wildman–Crippen LogP) is 11.3. The van der Waals surface area contributed by atoms with Gasteiger partial charge in [-0.3, -0.25) is 9.59 Å². The third kappa shape index (κ3) is 12.7. The van der Waals surface area contributed by atoms with Crippen molar-refractivity contribution in [1.82, 2.24) is 19.9 Å². The molecule has 2 fully saturated rings. The number of allylic oxidation sites excluding steroid dienone is 1. The Hall–Kier alpha value is -7.18. The number of rotatable bonds is 10. The molecule has 0 radical (unpaired) electrons. The Morgan fingerprint density at radius 3 is 1.44 bits per heavy atom. The zero-order valence-corrected chi connectivity index (χ0v) is 39.3. The zero-order valence-electron chi connectivity index (χ0n) is 39.3. The number of morpholine rings is 2. The molecule has 0 atom stereocenters. The lowest BCUT2D eigenvalue weighted by Crippen LogP contribution is -2.37. The minimum absolute atomic E-state index is 0.0688. The second kappa shape index (κ2) is 21.6. The number of nitrogens with zero attached hydrogens (tertiary/aromatic N) is 6. The van der Waals surface area contributed by atoms with E-state index in [9.17, 15) is 35.9 Å². The predicted molar refractivity (Wildman–Crippen MR) is 258 cm³/mol. The second-order valence-electron chi connectivity index (χ2n) is 17.2. The molecule has 4 aromatic carbocycles. The Morgan fingerprint density at radius 1 is 0.600 bits per heavy atom. The fraction of sp³-hybridized carbons (Fsp3) is 0.308. The first-order chi connectivity index (χ1) is 33.2. The zero-order chi connectivity index (χ0) is 50.3. The maximum absolute atomic E-state index is 13.0. The number of amides is 2. The molecule has 4 heterocycles. The highest BCUT2D eigenvalue weighted by Gasteiger charge is 2.32. The largest absolute Gasteiger partial charge is 0.416 e. The Kier molecular flexibility index (Phi) is 15.7. The molecule has 0 saturated carbocycles. The third-order valence-electron chi connectivity index (χ3n) is 11.5. The molecule has 2 amide bonds. The molecule has 18 heteroatoms. The highest BCUT2D eigenvalue weighted by molar-refractivity contribution is 6.05. The number of alkyl halides is 6. The van der Waals surface area contributed by atoms with Crippen LogP contribution in [0.5, 0.6) is 0 Å². The Morgan fingerprint density at radius 2 is 1.03 bits per heavy atom. The average Bonchev–Trinajstić information content (AvgIpc) is 3.35. The van der Waals surface area contributed by atoms with Crippen LogP contribution < -0.4 is 20.4 Å². The number of carbonyl (C=O) groups is 2. The molecule has 2 saturated heterocycles. The van der Waals surface area contributed by atoms with E-state index in [-0.39, 0.29) is 17.0 Å². The minimum atomic E-state index is -4.53. The monoisotopic (exact) mass is 966 g/mol. The van der Waals surface area contributed by atoms with E-state index in [4.69, 9.17) is 24.4 Å². The third-order valence-corrected chi connectivity index (χ3v) is 11.5. The highest BCUT2D eigenvalue weighted by atomic mass is 19.4. The summed E-state index contributed by atoms with van der Waals surface area (Å²) in [4.78, 5) is 48.5. The number of anilines is 4. The molecule has 0 spiro atoms. The Bertz CT molecular complexity index is 2880. The van der Waals surface area contributed by atoms with Crippen molar-refractivity contribution in [2.75, 3.05) is 73.0 Å². The van der Waals surface area contributed by atoms with E-state index >= 15 is 0 Å². The van der Waals surface area contributed by atoms with Gasteiger partial charge in [-0.15, -0.1) is 0 Å². The van der Waals surface area contributed by atoms with Gasteiger partial charge in [-0.2, -0.15) is 26.3 Å². The summed E-state index contributed by atoms with van der Waals surface area (Å²) in [5.41, 5.74) is 6.22. The topological polar surface area (TPSA) is 135 Å². The van der Waals surface area contributed by atoms with Crippen LogP contribution in [0.15, 0.2) is 104 Å². The quantitative estimate of drug-likeness (QED) is 0.128. The van der Waals surface area contributed by atoms with Crippen molar-refractivity contribution >= 4 is 40.7 Å². The van der Waals surface area contributed by atoms with Crippen LogP contribution >= 0.6 is 0 Å². The molecule has 8 rings (SSSR count). The van der Waals surface area contributed by atoms with Crippen molar-refractivity contribution in [2.45, 2.75) is 52.9 Å². The number of carbonyl (C=O) groups excluding carboxylic acids is 2. The van der Waals surface area contributed by atoms with Gasteiger partial charge in [-0.25, -0.2) is 19.9 Å². The number of aromatic nitrogens is 4. The van der Waals surface area contributed by atoms with E-state index in [2.05, 4.69) is 40.9 Å². The van der Waals surface area contributed by atoms with Crippen LogP contribution in [-0.2, 0) is 21.8 Å². The van der Waals surface area contributed by atoms with E-state index < -0.39 is 35.3 Å². The highest BCUT2D eigenvalue weighted by Crippen LogP contribution is 2.34. The van der Waals surface area contributed by atoms with Crippen molar-refractivity contribution in [3.05, 3.63) is 148 Å². The maximum atomic E-state index is 13.0. The summed E-state index contributed by atoms with van der Waals surface area (Å²) >= 11 is 0. The van der Waals surface area contributed by atoms with Gasteiger partial charge in [0.15, 0.2) is 0 Å². The number of nitrogens with one attached hydrogen (secondary N) is 2. The smallest absolute Gasteiger partial charge is 0.378 e. The molecular formula is C52H52F6N8O4. The van der Waals surface area contributed by atoms with Crippen LogP contribution in [0.25, 0.3) is 28.1 Å². The normalized spacial score (nSPS) is 14.2. The summed E-state index contributed by atoms with van der Waals surface area (Å²) in [6.45, 7) is 19.0. The summed E-state index contributed by atoms with van der Waals surface area (Å²) in [7, 11) is 0. The number of benzene rings is 4. The SMILES string of the molecule is C=C(C)c1cc(-c2cc(NC(=O)c3cccc(C(F)(F)F)c3)ccc2C)nc(N2CCOCC2)n1.Cc1ccc(NC(=O)c2cccc(C(F)(F)F)c2)cc1-c1cc(C(C)C)nc(N2CCOCC2)n1. The van der Waals surface area contributed by atoms with Gasteiger partial charge >= 0.3 is 12.4 Å². The van der Waals surface area contributed by atoms with Gasteiger partial charge in [0.1, 0.15) is 0 Å². The lowest BCUT2D eigenvalue weighted by atomic mass is 10.0. The van der Waals surface area contributed by atoms with Gasteiger partial charge in [0.2, 0.25) is 11.9 Å². The van der Waals surface area contributed by atoms with E-state index in [1.807, 2.05) is 49.9 Å². The molecule has 12 nitrogen and oxygen atoms in total. The Balaban J connectivity index is 0.000000206. The van der Waals surface area contributed by atoms with E-state index in [0.29, 0.717) is 87.3 Å². The fourth-order valence-corrected chi connectivity index (χ4v) is 7.52. The van der Waals surface area contributed by atoms with Gasteiger partial charge in [0.05, 0.1) is 54.6 Å². The van der Waals surface area contributed by atoms with Crippen molar-refractivity contribution in [1.29, 1.82) is 0 Å². The molecule has 2 N–H and O–H groups in total. The molecule has 6 aromatic rings. The fourth-order valence-electron chi connectivity index (χ4n) is 7.52. The van der Waals surface area contributed by atoms with Crippen LogP contribution in [-0.4, -0.2) is 84.4 Å². The van der Waals surface area contributed by atoms with Crippen molar-refractivity contribution in [3.63, 3.8) is 0 Å². The summed E-state index contributed by atoms with van der Waals surface area (Å²) in [6, 6.07) is 23.1. The second-order valence-corrected chi connectivity index (χ2v) is 17.2. The van der Waals surface area contributed by atoms with E-state index in [0.717, 1.165) is 63.5 Å². The molecule has 2 aliphatic heterocycles. The van der Waals surface area contributed by atoms with Gasteiger partial charge in [0.25, 0.3) is 11.8 Å². The molecule has 0 aliphatic carbocycles. The first kappa shape index (κ1) is 50.7. The lowest BCUT2D eigenvalue weighted by Gasteiger charge is -2.27. The average molecular weight is 967 g/mol. The molecule has 70 heavy (non-hydrogen) atoms. The van der Waals surface area contributed by atoms with E-state index in [1.165, 1.54) is 24.3 Å². The summed E-state index contributed by atoms with van der Waals surface area (Å²) in [5.74, 6) is 0.130. The van der Waals surface area contributed by atoms with Gasteiger partial charge < -0.3 is 29.9 Å². The molecule has 366 valence electrons. The number of hydrogen-bond donors (Lipinski definition) is 2. The van der Waals surface area contributed by atoms with Crippen LogP contribution in [0.4, 0.5) is 49.6 Å². The van der Waals surface area contributed by atoms with Gasteiger partial charge in [-0.1, -0.05) is 44.7 Å². The summed E-state index contributed by atoms with van der Waals surface area (Å²) < 4.78 is 89.1. The van der Waals surface area contributed by atoms with Crippen LogP contribution in [0.2, 0.25) is 0 Å². The number of ether oxygens (including phenoxy) is 2. The standard InChI is InChI=1S/C26H27F3N4O2.C26H25F3N4O2/c2*1-16(2)22-15-23(32-25(31-22)33-9-11-35-12-10-33)21-14-20(8-7-17(21)3)30-24(34)18-5-4-6-19(13-18)26(27,28)29/h4-8,13-16H,9-12H2,1-3H3,(H,30,34);4-8,13-15H,1,9-12H2,2-3H3,(H,30,34). The molecular weight excluding hydrogens is 915 g/mol. The van der Waals surface area contributed by atoms with Crippen molar-refractivity contribution in [2.24, 2.45) is 0 Å². The van der Waals surface area contributed by atoms with Crippen LogP contribution in [0.1, 0.15) is 81.0 Å². The summed E-state index contributed by atoms with van der Waals surface area (Å²) in [5, 5.41) is 5.41. The number of aryl methyl sites for hydroxylation is 2. The van der Waals surface area contributed by atoms with Crippen molar-refractivity contribution < 1.29 is 45.4 Å². The maximum Gasteiger partial charge on any atom is 0.416 e. The first-order valence-electron chi connectivity index (χ1n) is 22.5. The minimum Gasteiger partial charge on any atom is -0.378 e. The molecule has 2 aliphatic rings. The molecule has 2 aromatic heterocycles.